The van der Waals surface area contributed by atoms with Gasteiger partial charge in [-0.05, 0) is 0 Å². The van der Waals surface area contributed by atoms with Crippen molar-refractivity contribution in [3.8, 4) is 0 Å². The quantitative estimate of drug-likeness (QED) is 0.627. The average molecular weight is 204 g/mol. The standard InChI is InChI=1S/C10H16O.Cr/c1-8-4-5-9(2)10(6-8)7-11-3;/h4,9-10H,5-6H2,1-3H3;/t9-,10+;/m0./s1. The molecular formula is C10H16CrO. The molecule has 1 rings (SSSR count). The van der Waals surface area contributed by atoms with Gasteiger partial charge in [0.15, 0.2) is 0 Å². The Labute approximate surface area is 82.8 Å². The maximum atomic E-state index is 5.24. The van der Waals surface area contributed by atoms with Crippen molar-refractivity contribution in [2.75, 3.05) is 7.11 Å². The summed E-state index contributed by atoms with van der Waals surface area (Å²) in [4.78, 5) is 0. The van der Waals surface area contributed by atoms with Crippen LogP contribution in [0.15, 0.2) is 11.6 Å². The van der Waals surface area contributed by atoms with Gasteiger partial charge in [-0.2, -0.15) is 0 Å². The summed E-state index contributed by atoms with van der Waals surface area (Å²) < 4.78 is 6.31. The van der Waals surface area contributed by atoms with E-state index in [0.717, 1.165) is 11.0 Å². The molecule has 1 aliphatic rings. The van der Waals surface area contributed by atoms with E-state index in [9.17, 15) is 0 Å². The monoisotopic (exact) mass is 204 g/mol. The molecule has 0 heterocycles. The molecule has 0 fully saturated rings. The van der Waals surface area contributed by atoms with Gasteiger partial charge >= 0.3 is 82.4 Å². The molecule has 0 aromatic rings. The fourth-order valence-corrected chi connectivity index (χ4v) is 2.14. The number of ether oxygens (including phenoxy) is 1. The fourth-order valence-electron chi connectivity index (χ4n) is 1.65. The van der Waals surface area contributed by atoms with E-state index in [2.05, 4.69) is 35.8 Å². The van der Waals surface area contributed by atoms with Crippen molar-refractivity contribution < 1.29 is 20.6 Å². The second-order valence-corrected chi connectivity index (χ2v) is 4.23. The van der Waals surface area contributed by atoms with E-state index in [1.54, 1.807) is 7.11 Å². The van der Waals surface area contributed by atoms with Gasteiger partial charge in [0.05, 0.1) is 0 Å². The number of allylic oxidation sites excluding steroid dienone is 2. The van der Waals surface area contributed by atoms with Gasteiger partial charge in [0, 0.05) is 0 Å². The number of methoxy groups -OCH3 is 1. The molecule has 0 radical (unpaired) electrons. The van der Waals surface area contributed by atoms with Gasteiger partial charge in [-0.15, -0.1) is 0 Å². The van der Waals surface area contributed by atoms with Crippen molar-refractivity contribution in [1.29, 1.82) is 0 Å². The molecule has 2 atom stereocenters. The number of hydrogen-bond acceptors (Lipinski definition) is 1. The summed E-state index contributed by atoms with van der Waals surface area (Å²) in [5, 5.41) is 0. The van der Waals surface area contributed by atoms with Crippen LogP contribution in [-0.4, -0.2) is 11.7 Å². The van der Waals surface area contributed by atoms with Gasteiger partial charge in [0.2, 0.25) is 0 Å². The van der Waals surface area contributed by atoms with E-state index >= 15 is 0 Å². The van der Waals surface area contributed by atoms with Crippen LogP contribution in [0.1, 0.15) is 26.7 Å². The molecule has 1 nitrogen and oxygen atoms in total. The first-order chi connectivity index (χ1) is 5.65. The summed E-state index contributed by atoms with van der Waals surface area (Å²) >= 11 is 3.01. The number of rotatable bonds is 2. The van der Waals surface area contributed by atoms with Crippen LogP contribution in [0.3, 0.4) is 0 Å². The molecule has 0 unspecified atom stereocenters. The SMILES string of the molecule is CO[C](=[Cr])[C@H]1CC(C)=CC[C@@H]1C. The van der Waals surface area contributed by atoms with Crippen molar-refractivity contribution in [3.63, 3.8) is 0 Å². The summed E-state index contributed by atoms with van der Waals surface area (Å²) in [6.07, 6.45) is 4.67. The van der Waals surface area contributed by atoms with Gasteiger partial charge < -0.3 is 0 Å². The van der Waals surface area contributed by atoms with E-state index in [4.69, 9.17) is 4.74 Å². The Balaban J connectivity index is 2.65. The molecule has 0 N–H and O–H groups in total. The summed E-state index contributed by atoms with van der Waals surface area (Å²) in [7, 11) is 1.74. The molecule has 0 aromatic carbocycles. The molecular weight excluding hydrogens is 188 g/mol. The third-order valence-electron chi connectivity index (χ3n) is 2.57. The first kappa shape index (κ1) is 10.2. The zero-order valence-corrected chi connectivity index (χ0v) is 9.24. The minimum absolute atomic E-state index is 0.583. The Morgan fingerprint density at radius 2 is 2.33 bits per heavy atom. The Morgan fingerprint density at radius 3 is 2.92 bits per heavy atom. The van der Waals surface area contributed by atoms with Crippen molar-refractivity contribution >= 4 is 4.57 Å². The fraction of sp³-hybridized carbons (Fsp3) is 0.700. The molecule has 0 aromatic heterocycles. The van der Waals surface area contributed by atoms with Gasteiger partial charge in [-0.1, -0.05) is 0 Å². The molecule has 0 saturated carbocycles. The molecule has 1 aliphatic carbocycles. The van der Waals surface area contributed by atoms with E-state index in [1.165, 1.54) is 12.0 Å². The van der Waals surface area contributed by atoms with Gasteiger partial charge in [-0.3, -0.25) is 0 Å². The molecule has 0 spiro atoms. The molecule has 0 aliphatic heterocycles. The predicted octanol–water partition coefficient (Wildman–Crippen LogP) is 2.30. The summed E-state index contributed by atoms with van der Waals surface area (Å²) in [5.74, 6) is 1.30. The van der Waals surface area contributed by atoms with Crippen LogP contribution in [0, 0.1) is 11.8 Å². The first-order valence-corrected chi connectivity index (χ1v) is 5.02. The Bertz CT molecular complexity index is 208. The second kappa shape index (κ2) is 4.37. The summed E-state index contributed by atoms with van der Waals surface area (Å²) in [6, 6.07) is 0. The van der Waals surface area contributed by atoms with Crippen LogP contribution in [0.2, 0.25) is 0 Å². The topological polar surface area (TPSA) is 9.23 Å². The van der Waals surface area contributed by atoms with Crippen LogP contribution in [0.25, 0.3) is 0 Å². The third kappa shape index (κ3) is 2.29. The number of hydrogen-bond donors (Lipinski definition) is 0. The maximum absolute atomic E-state index is 5.24. The van der Waals surface area contributed by atoms with Crippen LogP contribution in [0.4, 0.5) is 0 Å². The normalized spacial score (nSPS) is 29.8. The molecule has 0 amide bonds. The third-order valence-corrected chi connectivity index (χ3v) is 3.30. The van der Waals surface area contributed by atoms with Crippen molar-refractivity contribution in [3.05, 3.63) is 11.6 Å². The summed E-state index contributed by atoms with van der Waals surface area (Å²) in [6.45, 7) is 4.48. The van der Waals surface area contributed by atoms with E-state index < -0.39 is 0 Å². The van der Waals surface area contributed by atoms with E-state index in [1.807, 2.05) is 0 Å². The Kier molecular flexibility index (Phi) is 3.71. The zero-order valence-electron chi connectivity index (χ0n) is 7.96. The predicted molar refractivity (Wildman–Crippen MR) is 47.7 cm³/mol. The second-order valence-electron chi connectivity index (χ2n) is 3.60. The molecule has 2 heteroatoms. The van der Waals surface area contributed by atoms with Gasteiger partial charge in [-0.25, -0.2) is 0 Å². The Hall–Kier alpha value is 0.102. The first-order valence-electron chi connectivity index (χ1n) is 4.38. The van der Waals surface area contributed by atoms with Gasteiger partial charge in [0.1, 0.15) is 0 Å². The van der Waals surface area contributed by atoms with Crippen LogP contribution < -0.4 is 0 Å². The van der Waals surface area contributed by atoms with Crippen molar-refractivity contribution in [2.45, 2.75) is 26.7 Å². The van der Waals surface area contributed by atoms with E-state index in [0.29, 0.717) is 11.8 Å². The zero-order chi connectivity index (χ0) is 9.14. The van der Waals surface area contributed by atoms with Crippen LogP contribution in [-0.2, 0) is 20.6 Å². The van der Waals surface area contributed by atoms with E-state index in [-0.39, 0.29) is 0 Å². The average Bonchev–Trinajstić information content (AvgIpc) is 2.08. The van der Waals surface area contributed by atoms with Crippen LogP contribution >= 0.6 is 0 Å². The van der Waals surface area contributed by atoms with Crippen LogP contribution in [0.5, 0.6) is 0 Å². The van der Waals surface area contributed by atoms with Crippen molar-refractivity contribution in [2.24, 2.45) is 11.8 Å². The molecule has 0 bridgehead atoms. The minimum atomic E-state index is 0.583. The summed E-state index contributed by atoms with van der Waals surface area (Å²) in [5.41, 5.74) is 1.49. The molecule has 0 saturated heterocycles. The molecule has 68 valence electrons. The molecule has 12 heavy (non-hydrogen) atoms. The van der Waals surface area contributed by atoms with Gasteiger partial charge in [0.25, 0.3) is 0 Å². The van der Waals surface area contributed by atoms with Crippen molar-refractivity contribution in [1.82, 2.24) is 0 Å². The Morgan fingerprint density at radius 1 is 1.67 bits per heavy atom.